The van der Waals surface area contributed by atoms with Crippen molar-refractivity contribution in [1.29, 1.82) is 0 Å². The Hall–Kier alpha value is -0.120. The molecule has 2 rings (SSSR count). The Bertz CT molecular complexity index is 198. The Labute approximate surface area is 105 Å². The molecule has 4 unspecified atom stereocenters. The van der Waals surface area contributed by atoms with Gasteiger partial charge in [-0.1, -0.05) is 25.7 Å². The molecule has 0 saturated heterocycles. The third-order valence-electron chi connectivity index (χ3n) is 4.24. The molecule has 100 valence electrons. The van der Waals surface area contributed by atoms with Gasteiger partial charge in [-0.3, -0.25) is 0 Å². The van der Waals surface area contributed by atoms with Crippen molar-refractivity contribution in [2.75, 3.05) is 14.2 Å². The van der Waals surface area contributed by atoms with Crippen molar-refractivity contribution in [3.8, 4) is 0 Å². The highest BCUT2D eigenvalue weighted by atomic mass is 16.6. The fourth-order valence-corrected chi connectivity index (χ4v) is 3.20. The van der Waals surface area contributed by atoms with Crippen molar-refractivity contribution in [2.24, 2.45) is 0 Å². The second-order valence-corrected chi connectivity index (χ2v) is 5.33. The molecule has 0 amide bonds. The molecular weight excluding hydrogens is 216 g/mol. The van der Waals surface area contributed by atoms with Gasteiger partial charge in [-0.2, -0.15) is 0 Å². The van der Waals surface area contributed by atoms with Gasteiger partial charge < -0.3 is 14.2 Å². The standard InChI is InChI=1S/C14H26O3/c1-15-11-7-3-5-9-13(11)17-14-10-6-4-8-12(14)16-2/h11-14H,3-10H2,1-2H3. The summed E-state index contributed by atoms with van der Waals surface area (Å²) < 4.78 is 17.4. The molecule has 4 atom stereocenters. The smallest absolute Gasteiger partial charge is 0.0841 e. The summed E-state index contributed by atoms with van der Waals surface area (Å²) >= 11 is 0. The van der Waals surface area contributed by atoms with E-state index in [0.717, 1.165) is 25.7 Å². The maximum atomic E-state index is 6.29. The van der Waals surface area contributed by atoms with Crippen molar-refractivity contribution in [2.45, 2.75) is 75.8 Å². The summed E-state index contributed by atoms with van der Waals surface area (Å²) in [6.45, 7) is 0. The van der Waals surface area contributed by atoms with Crippen molar-refractivity contribution in [3.63, 3.8) is 0 Å². The van der Waals surface area contributed by atoms with Gasteiger partial charge in [0.15, 0.2) is 0 Å². The van der Waals surface area contributed by atoms with Gasteiger partial charge in [0.25, 0.3) is 0 Å². The lowest BCUT2D eigenvalue weighted by molar-refractivity contribution is -0.152. The van der Waals surface area contributed by atoms with Gasteiger partial charge in [-0.25, -0.2) is 0 Å². The van der Waals surface area contributed by atoms with Crippen molar-refractivity contribution >= 4 is 0 Å². The molecule has 0 aromatic carbocycles. The Kier molecular flexibility index (Phi) is 5.26. The molecule has 0 spiro atoms. The second-order valence-electron chi connectivity index (χ2n) is 5.33. The lowest BCUT2D eigenvalue weighted by Gasteiger charge is -2.37. The molecule has 2 aliphatic carbocycles. The van der Waals surface area contributed by atoms with Crippen molar-refractivity contribution in [3.05, 3.63) is 0 Å². The molecule has 0 radical (unpaired) electrons. The highest BCUT2D eigenvalue weighted by Crippen LogP contribution is 2.29. The molecule has 2 aliphatic rings. The van der Waals surface area contributed by atoms with E-state index in [1.54, 1.807) is 14.2 Å². The third kappa shape index (κ3) is 3.43. The molecule has 3 heteroatoms. The van der Waals surface area contributed by atoms with Crippen LogP contribution in [-0.2, 0) is 14.2 Å². The van der Waals surface area contributed by atoms with Crippen LogP contribution in [0.25, 0.3) is 0 Å². The molecule has 0 N–H and O–H groups in total. The van der Waals surface area contributed by atoms with E-state index in [4.69, 9.17) is 14.2 Å². The van der Waals surface area contributed by atoms with Crippen LogP contribution in [0.3, 0.4) is 0 Å². The summed E-state index contributed by atoms with van der Waals surface area (Å²) in [4.78, 5) is 0. The van der Waals surface area contributed by atoms with Crippen LogP contribution in [0.2, 0.25) is 0 Å². The first-order chi connectivity index (χ1) is 8.35. The second kappa shape index (κ2) is 6.72. The lowest BCUT2D eigenvalue weighted by Crippen LogP contribution is -2.42. The Morgan fingerprint density at radius 3 is 1.29 bits per heavy atom. The predicted molar refractivity (Wildman–Crippen MR) is 67.2 cm³/mol. The summed E-state index contributed by atoms with van der Waals surface area (Å²) in [7, 11) is 3.61. The average Bonchev–Trinajstić information content (AvgIpc) is 2.40. The van der Waals surface area contributed by atoms with Gasteiger partial charge in [0.1, 0.15) is 0 Å². The van der Waals surface area contributed by atoms with Gasteiger partial charge in [0.05, 0.1) is 24.4 Å². The summed E-state index contributed by atoms with van der Waals surface area (Å²) in [6.07, 6.45) is 10.8. The van der Waals surface area contributed by atoms with E-state index in [-0.39, 0.29) is 12.2 Å². The minimum Gasteiger partial charge on any atom is -0.379 e. The van der Waals surface area contributed by atoms with Gasteiger partial charge in [0.2, 0.25) is 0 Å². The predicted octanol–water partition coefficient (Wildman–Crippen LogP) is 2.92. The van der Waals surface area contributed by atoms with Crippen LogP contribution in [0, 0.1) is 0 Å². The molecular formula is C14H26O3. The van der Waals surface area contributed by atoms with Gasteiger partial charge >= 0.3 is 0 Å². The van der Waals surface area contributed by atoms with E-state index in [0.29, 0.717) is 12.2 Å². The Balaban J connectivity index is 1.88. The zero-order valence-electron chi connectivity index (χ0n) is 11.2. The van der Waals surface area contributed by atoms with E-state index in [2.05, 4.69) is 0 Å². The van der Waals surface area contributed by atoms with E-state index in [1.807, 2.05) is 0 Å². The van der Waals surface area contributed by atoms with E-state index in [1.165, 1.54) is 25.7 Å². The highest BCUT2D eigenvalue weighted by molar-refractivity contribution is 4.82. The minimum absolute atomic E-state index is 0.287. The maximum absolute atomic E-state index is 6.29. The normalized spacial score (nSPS) is 39.2. The number of rotatable bonds is 4. The summed E-state index contributed by atoms with van der Waals surface area (Å²) in [5.74, 6) is 0. The summed E-state index contributed by atoms with van der Waals surface area (Å²) in [6, 6.07) is 0. The lowest BCUT2D eigenvalue weighted by atomic mass is 9.91. The van der Waals surface area contributed by atoms with Crippen molar-refractivity contribution < 1.29 is 14.2 Å². The number of ether oxygens (including phenoxy) is 3. The number of methoxy groups -OCH3 is 2. The molecule has 0 aromatic heterocycles. The molecule has 0 bridgehead atoms. The third-order valence-corrected chi connectivity index (χ3v) is 4.24. The number of hydrogen-bond donors (Lipinski definition) is 0. The maximum Gasteiger partial charge on any atom is 0.0841 e. The first-order valence-corrected chi connectivity index (χ1v) is 7.06. The van der Waals surface area contributed by atoms with Crippen LogP contribution in [0.15, 0.2) is 0 Å². The van der Waals surface area contributed by atoms with Crippen molar-refractivity contribution in [1.82, 2.24) is 0 Å². The minimum atomic E-state index is 0.287. The fourth-order valence-electron chi connectivity index (χ4n) is 3.20. The summed E-state index contributed by atoms with van der Waals surface area (Å²) in [5.41, 5.74) is 0. The Morgan fingerprint density at radius 1 is 0.588 bits per heavy atom. The largest absolute Gasteiger partial charge is 0.379 e. The molecule has 0 aromatic rings. The molecule has 2 saturated carbocycles. The molecule has 3 nitrogen and oxygen atoms in total. The van der Waals surface area contributed by atoms with Gasteiger partial charge in [0, 0.05) is 14.2 Å². The van der Waals surface area contributed by atoms with Crippen LogP contribution in [0.1, 0.15) is 51.4 Å². The van der Waals surface area contributed by atoms with Crippen LogP contribution >= 0.6 is 0 Å². The fraction of sp³-hybridized carbons (Fsp3) is 1.00. The van der Waals surface area contributed by atoms with Crippen LogP contribution in [0.4, 0.5) is 0 Å². The average molecular weight is 242 g/mol. The first kappa shape index (κ1) is 13.3. The monoisotopic (exact) mass is 242 g/mol. The summed E-state index contributed by atoms with van der Waals surface area (Å²) in [5, 5.41) is 0. The van der Waals surface area contributed by atoms with E-state index >= 15 is 0 Å². The van der Waals surface area contributed by atoms with Crippen LogP contribution in [0.5, 0.6) is 0 Å². The molecule has 2 fully saturated rings. The molecule has 0 heterocycles. The highest BCUT2D eigenvalue weighted by Gasteiger charge is 2.32. The van der Waals surface area contributed by atoms with Gasteiger partial charge in [-0.15, -0.1) is 0 Å². The zero-order valence-corrected chi connectivity index (χ0v) is 11.2. The van der Waals surface area contributed by atoms with Crippen LogP contribution in [-0.4, -0.2) is 38.6 Å². The quantitative estimate of drug-likeness (QED) is 0.758. The van der Waals surface area contributed by atoms with Gasteiger partial charge in [-0.05, 0) is 25.7 Å². The van der Waals surface area contributed by atoms with E-state index in [9.17, 15) is 0 Å². The SMILES string of the molecule is COC1CCCCC1OC1CCCCC1OC. The molecule has 17 heavy (non-hydrogen) atoms. The topological polar surface area (TPSA) is 27.7 Å². The first-order valence-electron chi connectivity index (χ1n) is 7.06. The molecule has 0 aliphatic heterocycles. The van der Waals surface area contributed by atoms with Crippen LogP contribution < -0.4 is 0 Å². The number of hydrogen-bond acceptors (Lipinski definition) is 3. The zero-order chi connectivity index (χ0) is 12.1. The Morgan fingerprint density at radius 2 is 0.941 bits per heavy atom. The van der Waals surface area contributed by atoms with E-state index < -0.39 is 0 Å².